The second-order valence-corrected chi connectivity index (χ2v) is 9.26. The molecule has 1 aliphatic heterocycles. The third-order valence-corrected chi connectivity index (χ3v) is 7.15. The monoisotopic (exact) mass is 429 g/mol. The van der Waals surface area contributed by atoms with E-state index in [0.717, 1.165) is 81.7 Å². The van der Waals surface area contributed by atoms with Crippen LogP contribution in [0, 0.1) is 0 Å². The Kier molecular flexibility index (Phi) is 5.27. The summed E-state index contributed by atoms with van der Waals surface area (Å²) in [6, 6.07) is 2.13. The maximum Gasteiger partial charge on any atom is 0.185 e. The fraction of sp³-hybridized carbons (Fsp3) is 0.636. The molecule has 3 aliphatic rings. The van der Waals surface area contributed by atoms with Gasteiger partial charge in [0.2, 0.25) is 0 Å². The molecule has 2 aliphatic carbocycles. The number of ketones is 1. The van der Waals surface area contributed by atoms with Crippen LogP contribution >= 0.6 is 11.6 Å². The molecular weight excluding hydrogens is 402 g/mol. The molecule has 0 aromatic carbocycles. The van der Waals surface area contributed by atoms with E-state index in [2.05, 4.69) is 27.3 Å². The average Bonchev–Trinajstić information content (AvgIpc) is 3.06. The van der Waals surface area contributed by atoms with Crippen LogP contribution < -0.4 is 10.2 Å². The zero-order valence-corrected chi connectivity index (χ0v) is 18.2. The molecule has 1 N–H and O–H groups in total. The van der Waals surface area contributed by atoms with E-state index in [4.69, 9.17) is 21.1 Å². The summed E-state index contributed by atoms with van der Waals surface area (Å²) in [4.78, 5) is 24.5. The van der Waals surface area contributed by atoms with Crippen LogP contribution in [0.5, 0.6) is 0 Å². The number of nitrogens with zero attached hydrogens (tertiary/aromatic N) is 4. The topological polar surface area (TPSA) is 84.1 Å². The van der Waals surface area contributed by atoms with Crippen LogP contribution in [0.1, 0.15) is 63.2 Å². The van der Waals surface area contributed by atoms with Gasteiger partial charge < -0.3 is 14.7 Å². The predicted octanol–water partition coefficient (Wildman–Crippen LogP) is 3.69. The van der Waals surface area contributed by atoms with Crippen LogP contribution in [0.25, 0.3) is 11.5 Å². The second-order valence-electron chi connectivity index (χ2n) is 8.88. The van der Waals surface area contributed by atoms with Crippen molar-refractivity contribution in [3.63, 3.8) is 0 Å². The van der Waals surface area contributed by atoms with Crippen molar-refractivity contribution < 1.29 is 9.32 Å². The number of carbonyl (C=O) groups is 1. The van der Waals surface area contributed by atoms with Gasteiger partial charge in [-0.2, -0.15) is 0 Å². The highest BCUT2D eigenvalue weighted by atomic mass is 35.5. The number of fused-ring (bicyclic) bond motifs is 2. The minimum atomic E-state index is -0.497. The van der Waals surface area contributed by atoms with Gasteiger partial charge in [0.05, 0.1) is 5.41 Å². The molecule has 2 aromatic heterocycles. The number of aromatic nitrogens is 3. The Balaban J connectivity index is 1.55. The Labute approximate surface area is 181 Å². The van der Waals surface area contributed by atoms with Gasteiger partial charge in [-0.05, 0) is 52.0 Å². The first-order valence-electron chi connectivity index (χ1n) is 11.1. The first-order valence-corrected chi connectivity index (χ1v) is 11.5. The number of rotatable bonds is 2. The summed E-state index contributed by atoms with van der Waals surface area (Å²) in [5.74, 6) is 2.37. The lowest BCUT2D eigenvalue weighted by molar-refractivity contribution is -0.128. The van der Waals surface area contributed by atoms with Gasteiger partial charge in [0.15, 0.2) is 17.3 Å². The number of nitrogens with one attached hydrogen (secondary N) is 1. The van der Waals surface area contributed by atoms with E-state index in [1.54, 1.807) is 0 Å². The summed E-state index contributed by atoms with van der Waals surface area (Å²) in [5.41, 5.74) is 1.14. The third-order valence-electron chi connectivity index (χ3n) is 6.96. The molecule has 0 unspecified atom stereocenters. The third kappa shape index (κ3) is 3.32. The van der Waals surface area contributed by atoms with Gasteiger partial charge in [0, 0.05) is 37.2 Å². The highest BCUT2D eigenvalue weighted by Gasteiger charge is 2.48. The number of Topliss-reactive ketones (excluding diaryl/α,β-unsaturated/α-hetero) is 1. The Morgan fingerprint density at radius 2 is 2.07 bits per heavy atom. The summed E-state index contributed by atoms with van der Waals surface area (Å²) in [6.45, 7) is 5.00. The van der Waals surface area contributed by atoms with Crippen LogP contribution in [-0.2, 0) is 16.6 Å². The standard InChI is InChI=1S/C22H28ClN5O2/c1-14-13-24-10-5-11-28(14)18-12-17(23)25-21(26-18)19-15-6-4-9-22(20(15)30-27-19)8-3-2-7-16(22)29/h12,14,24H,2-11,13H2,1H3/t14-,22+/m0/s1. The van der Waals surface area contributed by atoms with Crippen molar-refractivity contribution >= 4 is 23.2 Å². The quantitative estimate of drug-likeness (QED) is 0.728. The normalized spacial score (nSPS) is 27.2. The molecule has 0 bridgehead atoms. The molecule has 0 amide bonds. The minimum absolute atomic E-state index is 0.302. The highest BCUT2D eigenvalue weighted by Crippen LogP contribution is 2.47. The van der Waals surface area contributed by atoms with Crippen molar-refractivity contribution in [3.8, 4) is 11.5 Å². The van der Waals surface area contributed by atoms with Crippen LogP contribution in [0.15, 0.2) is 10.6 Å². The van der Waals surface area contributed by atoms with Gasteiger partial charge in [0.25, 0.3) is 0 Å². The van der Waals surface area contributed by atoms with E-state index in [1.165, 1.54) is 0 Å². The molecule has 2 atom stereocenters. The smallest absolute Gasteiger partial charge is 0.185 e. The molecular formula is C22H28ClN5O2. The SMILES string of the molecule is C[C@H]1CNCCCN1c1cc(Cl)nc(-c2noc3c2CCC[C@@]32CCCCC2=O)n1. The summed E-state index contributed by atoms with van der Waals surface area (Å²) >= 11 is 6.42. The molecule has 160 valence electrons. The molecule has 2 aromatic rings. The zero-order chi connectivity index (χ0) is 20.7. The molecule has 30 heavy (non-hydrogen) atoms. The lowest BCUT2D eigenvalue weighted by Crippen LogP contribution is -2.41. The van der Waals surface area contributed by atoms with Gasteiger partial charge >= 0.3 is 0 Å². The average molecular weight is 430 g/mol. The van der Waals surface area contributed by atoms with Gasteiger partial charge in [-0.15, -0.1) is 0 Å². The number of hydrogen-bond acceptors (Lipinski definition) is 7. The van der Waals surface area contributed by atoms with Crippen LogP contribution in [0.2, 0.25) is 5.15 Å². The zero-order valence-electron chi connectivity index (χ0n) is 17.4. The van der Waals surface area contributed by atoms with Gasteiger partial charge in [0.1, 0.15) is 16.8 Å². The summed E-state index contributed by atoms with van der Waals surface area (Å²) in [7, 11) is 0. The summed E-state index contributed by atoms with van der Waals surface area (Å²) in [5, 5.41) is 8.23. The first-order chi connectivity index (χ1) is 14.6. The second kappa shape index (κ2) is 7.93. The molecule has 1 saturated heterocycles. The molecule has 7 nitrogen and oxygen atoms in total. The van der Waals surface area contributed by atoms with Crippen LogP contribution in [0.4, 0.5) is 5.82 Å². The van der Waals surface area contributed by atoms with Crippen molar-refractivity contribution in [2.45, 2.75) is 69.7 Å². The van der Waals surface area contributed by atoms with E-state index in [9.17, 15) is 4.79 Å². The molecule has 5 rings (SSSR count). The molecule has 2 fully saturated rings. The van der Waals surface area contributed by atoms with Gasteiger partial charge in [-0.1, -0.05) is 23.2 Å². The number of anilines is 1. The van der Waals surface area contributed by atoms with E-state index >= 15 is 0 Å². The summed E-state index contributed by atoms with van der Waals surface area (Å²) in [6.07, 6.45) is 7.20. The lowest BCUT2D eigenvalue weighted by Gasteiger charge is -2.36. The molecule has 0 radical (unpaired) electrons. The van der Waals surface area contributed by atoms with Crippen molar-refractivity contribution in [2.75, 3.05) is 24.5 Å². The van der Waals surface area contributed by atoms with Crippen molar-refractivity contribution in [1.82, 2.24) is 20.4 Å². The number of carbonyl (C=O) groups excluding carboxylic acids is 1. The Morgan fingerprint density at radius 1 is 1.20 bits per heavy atom. The molecule has 8 heteroatoms. The molecule has 3 heterocycles. The van der Waals surface area contributed by atoms with E-state index in [-0.39, 0.29) is 0 Å². The minimum Gasteiger partial charge on any atom is -0.359 e. The number of halogens is 1. The van der Waals surface area contributed by atoms with Crippen LogP contribution in [-0.4, -0.2) is 46.6 Å². The summed E-state index contributed by atoms with van der Waals surface area (Å²) < 4.78 is 5.85. The fourth-order valence-electron chi connectivity index (χ4n) is 5.38. The van der Waals surface area contributed by atoms with E-state index < -0.39 is 5.41 Å². The Bertz CT molecular complexity index is 961. The Morgan fingerprint density at radius 3 is 2.93 bits per heavy atom. The fourth-order valence-corrected chi connectivity index (χ4v) is 5.56. The lowest BCUT2D eigenvalue weighted by atomic mass is 9.64. The maximum absolute atomic E-state index is 12.9. The van der Waals surface area contributed by atoms with E-state index in [0.29, 0.717) is 34.9 Å². The Hall–Kier alpha value is -1.99. The van der Waals surface area contributed by atoms with Crippen molar-refractivity contribution in [2.24, 2.45) is 0 Å². The van der Waals surface area contributed by atoms with Crippen molar-refractivity contribution in [3.05, 3.63) is 22.5 Å². The molecule has 1 saturated carbocycles. The number of hydrogen-bond donors (Lipinski definition) is 1. The van der Waals surface area contributed by atoms with Crippen molar-refractivity contribution in [1.29, 1.82) is 0 Å². The first kappa shape index (κ1) is 19.9. The molecule has 1 spiro atoms. The van der Waals surface area contributed by atoms with E-state index in [1.807, 2.05) is 6.07 Å². The predicted molar refractivity (Wildman–Crippen MR) is 115 cm³/mol. The highest BCUT2D eigenvalue weighted by molar-refractivity contribution is 6.29. The maximum atomic E-state index is 12.9. The van der Waals surface area contributed by atoms with Crippen LogP contribution in [0.3, 0.4) is 0 Å². The van der Waals surface area contributed by atoms with Gasteiger partial charge in [-0.3, -0.25) is 4.79 Å². The largest absolute Gasteiger partial charge is 0.359 e. The van der Waals surface area contributed by atoms with Gasteiger partial charge in [-0.25, -0.2) is 9.97 Å².